The molecule has 6 nitrogen and oxygen atoms in total. The Hall–Kier alpha value is -2.54. The van der Waals surface area contributed by atoms with Crippen LogP contribution in [0.15, 0.2) is 34.1 Å². The number of rotatable bonds is 6. The van der Waals surface area contributed by atoms with E-state index < -0.39 is 30.4 Å². The summed E-state index contributed by atoms with van der Waals surface area (Å²) in [5.74, 6) is -0.608. The van der Waals surface area contributed by atoms with Gasteiger partial charge in [-0.15, -0.1) is 11.3 Å². The normalized spacial score (nSPS) is 12.8. The number of anilines is 1. The van der Waals surface area contributed by atoms with E-state index in [0.29, 0.717) is 11.3 Å². The van der Waals surface area contributed by atoms with E-state index in [0.717, 1.165) is 16.0 Å². The number of alkyl halides is 5. The first kappa shape index (κ1) is 23.1. The molecule has 3 aromatic rings. The largest absolute Gasteiger partial charge is 0.436 e. The van der Waals surface area contributed by atoms with E-state index in [-0.39, 0.29) is 21.0 Å². The Morgan fingerprint density at radius 2 is 1.90 bits per heavy atom. The Kier molecular flexibility index (Phi) is 6.65. The van der Waals surface area contributed by atoms with Crippen molar-refractivity contribution < 1.29 is 31.5 Å². The second-order valence-electron chi connectivity index (χ2n) is 6.30. The summed E-state index contributed by atoms with van der Waals surface area (Å²) in [5, 5.41) is 7.94. The van der Waals surface area contributed by atoms with E-state index in [1.807, 2.05) is 0 Å². The van der Waals surface area contributed by atoms with Gasteiger partial charge in [-0.2, -0.15) is 27.1 Å². The topological polar surface area (TPSA) is 69.0 Å². The number of aromatic nitrogens is 3. The van der Waals surface area contributed by atoms with Gasteiger partial charge in [-0.05, 0) is 54.0 Å². The van der Waals surface area contributed by atoms with Crippen LogP contribution in [0.1, 0.15) is 24.4 Å². The Balaban J connectivity index is 1.73. The van der Waals surface area contributed by atoms with Crippen molar-refractivity contribution in [2.75, 3.05) is 5.32 Å². The molecule has 166 valence electrons. The molecule has 0 aliphatic carbocycles. The third-order valence-electron chi connectivity index (χ3n) is 4.20. The summed E-state index contributed by atoms with van der Waals surface area (Å²) < 4.78 is 68.6. The van der Waals surface area contributed by atoms with Crippen molar-refractivity contribution in [1.29, 1.82) is 0 Å². The van der Waals surface area contributed by atoms with E-state index in [1.165, 1.54) is 38.1 Å². The Morgan fingerprint density at radius 1 is 1.26 bits per heavy atom. The second-order valence-corrected chi connectivity index (χ2v) is 7.95. The predicted octanol–water partition coefficient (Wildman–Crippen LogP) is 5.90. The van der Waals surface area contributed by atoms with Crippen LogP contribution in [-0.4, -0.2) is 27.3 Å². The lowest BCUT2D eigenvalue weighted by molar-refractivity contribution is -0.142. The lowest BCUT2D eigenvalue weighted by Gasteiger charge is -2.13. The van der Waals surface area contributed by atoms with Gasteiger partial charge in [-0.25, -0.2) is 4.98 Å². The molecule has 0 radical (unpaired) electrons. The molecule has 0 saturated heterocycles. The zero-order valence-electron chi connectivity index (χ0n) is 15.9. The van der Waals surface area contributed by atoms with Crippen molar-refractivity contribution in [2.24, 2.45) is 0 Å². The van der Waals surface area contributed by atoms with Gasteiger partial charge in [0.05, 0.1) is 15.9 Å². The molecular formula is C18H14BrF5N4O2S. The lowest BCUT2D eigenvalue weighted by atomic mass is 10.2. The Labute approximate surface area is 185 Å². The summed E-state index contributed by atoms with van der Waals surface area (Å²) in [5.41, 5.74) is 0.128. The van der Waals surface area contributed by atoms with Crippen molar-refractivity contribution in [1.82, 2.24) is 14.8 Å². The number of benzene rings is 1. The highest BCUT2D eigenvalue weighted by molar-refractivity contribution is 9.10. The fourth-order valence-electron chi connectivity index (χ4n) is 2.65. The van der Waals surface area contributed by atoms with E-state index in [4.69, 9.17) is 0 Å². The molecule has 13 heteroatoms. The molecule has 2 aromatic heterocycles. The number of nitrogens with one attached hydrogen (secondary N) is 1. The molecule has 3 rings (SSSR count). The summed E-state index contributed by atoms with van der Waals surface area (Å²) in [6.45, 7) is -0.0998. The van der Waals surface area contributed by atoms with Crippen LogP contribution in [0.5, 0.6) is 5.75 Å². The van der Waals surface area contributed by atoms with Crippen LogP contribution < -0.4 is 10.1 Å². The smallest absolute Gasteiger partial charge is 0.435 e. The Bertz CT molecular complexity index is 1080. The van der Waals surface area contributed by atoms with Gasteiger partial charge < -0.3 is 10.1 Å². The number of hydrogen-bond donors (Lipinski definition) is 1. The number of carbonyl (C=O) groups excluding carboxylic acids is 1. The van der Waals surface area contributed by atoms with Crippen LogP contribution in [0.2, 0.25) is 0 Å². The number of thiazole rings is 1. The maximum Gasteiger partial charge on any atom is 0.436 e. The average molecular weight is 525 g/mol. The molecular weight excluding hydrogens is 511 g/mol. The number of ether oxygens (including phenoxy) is 1. The fraction of sp³-hybridized carbons (Fsp3) is 0.278. The van der Waals surface area contributed by atoms with Gasteiger partial charge in [0, 0.05) is 10.9 Å². The molecule has 1 atom stereocenters. The number of halogens is 6. The second kappa shape index (κ2) is 8.91. The molecule has 1 N–H and O–H groups in total. The van der Waals surface area contributed by atoms with E-state index >= 15 is 0 Å². The third-order valence-corrected chi connectivity index (χ3v) is 5.91. The van der Waals surface area contributed by atoms with E-state index in [9.17, 15) is 26.7 Å². The van der Waals surface area contributed by atoms with Gasteiger partial charge in [-0.3, -0.25) is 9.48 Å². The van der Waals surface area contributed by atoms with E-state index in [1.54, 1.807) is 5.38 Å². The molecule has 0 aliphatic heterocycles. The monoisotopic (exact) mass is 524 g/mol. The van der Waals surface area contributed by atoms with Gasteiger partial charge in [0.2, 0.25) is 0 Å². The van der Waals surface area contributed by atoms with Crippen LogP contribution in [-0.2, 0) is 11.0 Å². The zero-order chi connectivity index (χ0) is 22.9. The molecule has 31 heavy (non-hydrogen) atoms. The average Bonchev–Trinajstić information content (AvgIpc) is 3.26. The zero-order valence-corrected chi connectivity index (χ0v) is 18.3. The number of nitrogens with zero attached hydrogens (tertiary/aromatic N) is 3. The first-order valence-corrected chi connectivity index (χ1v) is 10.3. The highest BCUT2D eigenvalue weighted by atomic mass is 79.9. The summed E-state index contributed by atoms with van der Waals surface area (Å²) in [4.78, 5) is 16.8. The first-order chi connectivity index (χ1) is 14.5. The quantitative estimate of drug-likeness (QED) is 0.408. The minimum absolute atomic E-state index is 0.00434. The van der Waals surface area contributed by atoms with Crippen molar-refractivity contribution >= 4 is 38.3 Å². The molecule has 1 unspecified atom stereocenters. The van der Waals surface area contributed by atoms with Crippen molar-refractivity contribution in [2.45, 2.75) is 32.7 Å². The number of amides is 1. The van der Waals surface area contributed by atoms with Gasteiger partial charge in [0.25, 0.3) is 5.91 Å². The third kappa shape index (κ3) is 5.21. The van der Waals surface area contributed by atoms with Crippen LogP contribution in [0.3, 0.4) is 0 Å². The molecule has 0 bridgehead atoms. The minimum Gasteiger partial charge on any atom is -0.435 e. The van der Waals surface area contributed by atoms with Gasteiger partial charge in [-0.1, -0.05) is 0 Å². The van der Waals surface area contributed by atoms with Crippen LogP contribution in [0.25, 0.3) is 11.3 Å². The highest BCUT2D eigenvalue weighted by Crippen LogP contribution is 2.36. The van der Waals surface area contributed by atoms with E-state index in [2.05, 4.69) is 36.1 Å². The SMILES string of the molecule is Cc1c(Br)c(C(F)(F)F)nn1C(C)C(=O)Nc1nc(-c2ccc(OC(F)F)cc2)cs1. The van der Waals surface area contributed by atoms with Gasteiger partial charge >= 0.3 is 12.8 Å². The van der Waals surface area contributed by atoms with Gasteiger partial charge in [0.15, 0.2) is 10.8 Å². The standard InChI is InChI=1S/C18H14BrF5N4O2S/c1-8-13(19)14(18(22,23)24)27-28(8)9(2)15(29)26-17-25-12(7-31-17)10-3-5-11(6-4-10)30-16(20)21/h3-7,9,16H,1-2H3,(H,25,26,29). The summed E-state index contributed by atoms with van der Waals surface area (Å²) in [6, 6.07) is 4.75. The maximum absolute atomic E-state index is 13.0. The molecule has 0 aliphatic rings. The molecule has 0 spiro atoms. The lowest BCUT2D eigenvalue weighted by Crippen LogP contribution is -2.25. The molecule has 1 amide bonds. The van der Waals surface area contributed by atoms with Crippen molar-refractivity contribution in [3.05, 3.63) is 45.5 Å². The van der Waals surface area contributed by atoms with Crippen molar-refractivity contribution in [3.8, 4) is 17.0 Å². The van der Waals surface area contributed by atoms with Crippen LogP contribution >= 0.6 is 27.3 Å². The molecule has 1 aromatic carbocycles. The highest BCUT2D eigenvalue weighted by Gasteiger charge is 2.39. The number of hydrogen-bond acceptors (Lipinski definition) is 5. The van der Waals surface area contributed by atoms with Crippen LogP contribution in [0.4, 0.5) is 27.1 Å². The van der Waals surface area contributed by atoms with Crippen LogP contribution in [0, 0.1) is 6.92 Å². The maximum atomic E-state index is 13.0. The molecule has 0 saturated carbocycles. The fourth-order valence-corrected chi connectivity index (χ4v) is 3.86. The molecule has 0 fully saturated rings. The Morgan fingerprint density at radius 3 is 2.45 bits per heavy atom. The summed E-state index contributed by atoms with van der Waals surface area (Å²) >= 11 is 3.98. The first-order valence-electron chi connectivity index (χ1n) is 8.60. The molecule has 2 heterocycles. The summed E-state index contributed by atoms with van der Waals surface area (Å²) in [6.07, 6.45) is -4.66. The van der Waals surface area contributed by atoms with Gasteiger partial charge in [0.1, 0.15) is 11.8 Å². The minimum atomic E-state index is -4.66. The summed E-state index contributed by atoms with van der Waals surface area (Å²) in [7, 11) is 0. The predicted molar refractivity (Wildman–Crippen MR) is 107 cm³/mol. The van der Waals surface area contributed by atoms with Crippen molar-refractivity contribution in [3.63, 3.8) is 0 Å². The number of carbonyl (C=O) groups is 1.